The molecule has 3 nitrogen and oxygen atoms in total. The third kappa shape index (κ3) is 0.960. The van der Waals surface area contributed by atoms with Gasteiger partial charge in [0.15, 0.2) is 0 Å². The van der Waals surface area contributed by atoms with Crippen molar-refractivity contribution in [3.05, 3.63) is 23.3 Å². The van der Waals surface area contributed by atoms with Gasteiger partial charge in [-0.3, -0.25) is 0 Å². The average molecular weight is 192 g/mol. The Morgan fingerprint density at radius 1 is 1.29 bits per heavy atom. The molecule has 0 saturated carbocycles. The van der Waals surface area contributed by atoms with Crippen LogP contribution >= 0.6 is 0 Å². The standard InChI is InChI=1S/C11H12O3/c12-5-7-6-14-10-2-1-9-8(11(7)10)3-4-13-9/h1-2,7,12H,3-6H2. The van der Waals surface area contributed by atoms with Crippen LogP contribution in [0.1, 0.15) is 17.0 Å². The maximum atomic E-state index is 9.22. The van der Waals surface area contributed by atoms with Gasteiger partial charge in [0.1, 0.15) is 11.5 Å². The first-order valence-corrected chi connectivity index (χ1v) is 4.92. The zero-order valence-corrected chi connectivity index (χ0v) is 7.82. The molecule has 1 atom stereocenters. The summed E-state index contributed by atoms with van der Waals surface area (Å²) in [4.78, 5) is 0. The fourth-order valence-corrected chi connectivity index (χ4v) is 2.27. The predicted molar refractivity (Wildman–Crippen MR) is 51.0 cm³/mol. The molecule has 0 amide bonds. The third-order valence-electron chi connectivity index (χ3n) is 2.95. The van der Waals surface area contributed by atoms with E-state index in [2.05, 4.69) is 0 Å². The van der Waals surface area contributed by atoms with Gasteiger partial charge in [0.25, 0.3) is 0 Å². The molecular formula is C11H12O3. The maximum absolute atomic E-state index is 9.22. The van der Waals surface area contributed by atoms with Crippen molar-refractivity contribution in [1.82, 2.24) is 0 Å². The molecule has 2 aliphatic heterocycles. The van der Waals surface area contributed by atoms with E-state index in [4.69, 9.17) is 9.47 Å². The Balaban J connectivity index is 2.16. The Kier molecular flexibility index (Phi) is 1.67. The van der Waals surface area contributed by atoms with Crippen molar-refractivity contribution in [2.75, 3.05) is 19.8 Å². The lowest BCUT2D eigenvalue weighted by atomic mass is 9.95. The van der Waals surface area contributed by atoms with Crippen LogP contribution in [0.3, 0.4) is 0 Å². The van der Waals surface area contributed by atoms with Gasteiger partial charge in [0.05, 0.1) is 19.8 Å². The Hall–Kier alpha value is -1.22. The Morgan fingerprint density at radius 2 is 2.14 bits per heavy atom. The highest BCUT2D eigenvalue weighted by Crippen LogP contribution is 2.42. The molecule has 0 aromatic heterocycles. The van der Waals surface area contributed by atoms with Crippen molar-refractivity contribution < 1.29 is 14.6 Å². The summed E-state index contributed by atoms with van der Waals surface area (Å²) < 4.78 is 11.0. The molecule has 0 bridgehead atoms. The molecule has 2 heterocycles. The largest absolute Gasteiger partial charge is 0.493 e. The lowest BCUT2D eigenvalue weighted by Gasteiger charge is -2.08. The molecule has 1 N–H and O–H groups in total. The van der Waals surface area contributed by atoms with E-state index >= 15 is 0 Å². The van der Waals surface area contributed by atoms with Gasteiger partial charge in [-0.05, 0) is 12.1 Å². The van der Waals surface area contributed by atoms with Crippen molar-refractivity contribution >= 4 is 0 Å². The number of hydrogen-bond acceptors (Lipinski definition) is 3. The highest BCUT2D eigenvalue weighted by Gasteiger charge is 2.30. The number of aliphatic hydroxyl groups is 1. The van der Waals surface area contributed by atoms with Gasteiger partial charge in [-0.2, -0.15) is 0 Å². The van der Waals surface area contributed by atoms with Crippen LogP contribution in [-0.4, -0.2) is 24.9 Å². The van der Waals surface area contributed by atoms with Crippen LogP contribution in [0.4, 0.5) is 0 Å². The van der Waals surface area contributed by atoms with E-state index in [1.54, 1.807) is 0 Å². The molecule has 14 heavy (non-hydrogen) atoms. The van der Waals surface area contributed by atoms with Gasteiger partial charge in [0, 0.05) is 23.5 Å². The molecular weight excluding hydrogens is 180 g/mol. The molecule has 1 aromatic carbocycles. The molecule has 0 aliphatic carbocycles. The summed E-state index contributed by atoms with van der Waals surface area (Å²) >= 11 is 0. The summed E-state index contributed by atoms with van der Waals surface area (Å²) in [7, 11) is 0. The average Bonchev–Trinajstić information content (AvgIpc) is 2.82. The van der Waals surface area contributed by atoms with E-state index < -0.39 is 0 Å². The van der Waals surface area contributed by atoms with E-state index in [1.807, 2.05) is 12.1 Å². The summed E-state index contributed by atoms with van der Waals surface area (Å²) in [6, 6.07) is 3.90. The quantitative estimate of drug-likeness (QED) is 0.723. The second kappa shape index (κ2) is 2.89. The van der Waals surface area contributed by atoms with E-state index in [0.29, 0.717) is 6.61 Å². The normalized spacial score (nSPS) is 22.5. The van der Waals surface area contributed by atoms with Crippen molar-refractivity contribution in [2.24, 2.45) is 0 Å². The molecule has 3 rings (SSSR count). The highest BCUT2D eigenvalue weighted by molar-refractivity contribution is 5.54. The number of fused-ring (bicyclic) bond motifs is 3. The van der Waals surface area contributed by atoms with Crippen LogP contribution in [0.5, 0.6) is 11.5 Å². The zero-order valence-electron chi connectivity index (χ0n) is 7.82. The Bertz CT molecular complexity index is 373. The van der Waals surface area contributed by atoms with Crippen LogP contribution in [-0.2, 0) is 6.42 Å². The smallest absolute Gasteiger partial charge is 0.123 e. The van der Waals surface area contributed by atoms with Crippen molar-refractivity contribution in [3.8, 4) is 11.5 Å². The molecule has 0 saturated heterocycles. The highest BCUT2D eigenvalue weighted by atomic mass is 16.5. The van der Waals surface area contributed by atoms with Gasteiger partial charge in [-0.1, -0.05) is 0 Å². The van der Waals surface area contributed by atoms with E-state index in [0.717, 1.165) is 24.5 Å². The number of rotatable bonds is 1. The monoisotopic (exact) mass is 192 g/mol. The van der Waals surface area contributed by atoms with Gasteiger partial charge < -0.3 is 14.6 Å². The summed E-state index contributed by atoms with van der Waals surface area (Å²) in [6.45, 7) is 1.51. The van der Waals surface area contributed by atoms with E-state index in [-0.39, 0.29) is 12.5 Å². The van der Waals surface area contributed by atoms with Crippen LogP contribution < -0.4 is 9.47 Å². The molecule has 2 aliphatic rings. The molecule has 1 aromatic rings. The van der Waals surface area contributed by atoms with Gasteiger partial charge in [-0.15, -0.1) is 0 Å². The van der Waals surface area contributed by atoms with Gasteiger partial charge >= 0.3 is 0 Å². The lowest BCUT2D eigenvalue weighted by Crippen LogP contribution is -2.06. The van der Waals surface area contributed by atoms with Crippen molar-refractivity contribution in [2.45, 2.75) is 12.3 Å². The maximum Gasteiger partial charge on any atom is 0.123 e. The fraction of sp³-hybridized carbons (Fsp3) is 0.455. The molecule has 0 radical (unpaired) electrons. The van der Waals surface area contributed by atoms with Crippen LogP contribution in [0, 0.1) is 0 Å². The molecule has 1 unspecified atom stereocenters. The van der Waals surface area contributed by atoms with Crippen molar-refractivity contribution in [1.29, 1.82) is 0 Å². The zero-order chi connectivity index (χ0) is 9.54. The Labute approximate surface area is 82.3 Å². The third-order valence-corrected chi connectivity index (χ3v) is 2.95. The fourth-order valence-electron chi connectivity index (χ4n) is 2.27. The summed E-state index contributed by atoms with van der Waals surface area (Å²) in [5.74, 6) is 2.03. The predicted octanol–water partition coefficient (Wildman–Crippen LogP) is 1.09. The number of benzene rings is 1. The van der Waals surface area contributed by atoms with E-state index in [1.165, 1.54) is 11.1 Å². The minimum Gasteiger partial charge on any atom is -0.493 e. The first kappa shape index (κ1) is 8.12. The minimum absolute atomic E-state index is 0.140. The first-order valence-electron chi connectivity index (χ1n) is 4.92. The van der Waals surface area contributed by atoms with Crippen LogP contribution in [0.25, 0.3) is 0 Å². The summed E-state index contributed by atoms with van der Waals surface area (Å²) in [6.07, 6.45) is 0.943. The minimum atomic E-state index is 0.140. The molecule has 3 heteroatoms. The summed E-state index contributed by atoms with van der Waals surface area (Å²) in [5.41, 5.74) is 2.40. The SMILES string of the molecule is OCC1COc2ccc3c(c21)CCO3. The topological polar surface area (TPSA) is 38.7 Å². The Morgan fingerprint density at radius 3 is 3.00 bits per heavy atom. The second-order valence-electron chi connectivity index (χ2n) is 3.74. The number of aliphatic hydroxyl groups excluding tert-OH is 1. The van der Waals surface area contributed by atoms with Gasteiger partial charge in [0.2, 0.25) is 0 Å². The van der Waals surface area contributed by atoms with Crippen LogP contribution in [0.15, 0.2) is 12.1 Å². The van der Waals surface area contributed by atoms with Gasteiger partial charge in [-0.25, -0.2) is 0 Å². The lowest BCUT2D eigenvalue weighted by molar-refractivity contribution is 0.232. The first-order chi connectivity index (χ1) is 6.90. The van der Waals surface area contributed by atoms with E-state index in [9.17, 15) is 5.11 Å². The molecule has 74 valence electrons. The summed E-state index contributed by atoms with van der Waals surface area (Å²) in [5, 5.41) is 9.22. The van der Waals surface area contributed by atoms with Crippen molar-refractivity contribution in [3.63, 3.8) is 0 Å². The number of hydrogen-bond donors (Lipinski definition) is 1. The molecule has 0 spiro atoms. The molecule has 0 fully saturated rings. The van der Waals surface area contributed by atoms with Crippen LogP contribution in [0.2, 0.25) is 0 Å². The number of ether oxygens (including phenoxy) is 2. The second-order valence-corrected chi connectivity index (χ2v) is 3.74.